The maximum absolute atomic E-state index is 14.0. The second kappa shape index (κ2) is 9.63. The summed E-state index contributed by atoms with van der Waals surface area (Å²) in [6, 6.07) is 14.0. The van der Waals surface area contributed by atoms with Crippen LogP contribution < -0.4 is 9.64 Å². The molecule has 0 saturated carbocycles. The molecule has 5 rings (SSSR count). The highest BCUT2D eigenvalue weighted by molar-refractivity contribution is 7.98. The second-order valence-corrected chi connectivity index (χ2v) is 8.30. The minimum Gasteiger partial charge on any atom is -0.497 e. The van der Waals surface area contributed by atoms with Crippen LogP contribution in [0, 0.1) is 5.82 Å². The molecule has 0 bridgehead atoms. The van der Waals surface area contributed by atoms with Crippen LogP contribution in [0.1, 0.15) is 5.69 Å². The molecule has 1 aliphatic rings. The first-order valence-corrected chi connectivity index (χ1v) is 11.5. The molecule has 1 saturated heterocycles. The van der Waals surface area contributed by atoms with E-state index in [1.165, 1.54) is 23.9 Å². The standard InChI is InChI=1S/C23H22FN5O3S/c1-30-20-7-5-16(6-8-20)21-25-18(14-32-21)15-33-23-27-26-22(28-9-11-31-12-10-28)29(23)19-4-2-3-17(24)13-19/h2-8,13-14H,9-12,15H2,1H3. The number of hydrogen-bond donors (Lipinski definition) is 0. The van der Waals surface area contributed by atoms with Gasteiger partial charge in [0.1, 0.15) is 17.8 Å². The molecule has 0 unspecified atom stereocenters. The number of hydrogen-bond acceptors (Lipinski definition) is 8. The topological polar surface area (TPSA) is 78.4 Å². The number of aromatic nitrogens is 4. The van der Waals surface area contributed by atoms with Crippen LogP contribution in [-0.2, 0) is 10.5 Å². The van der Waals surface area contributed by atoms with Crippen molar-refractivity contribution >= 4 is 17.7 Å². The molecule has 2 aromatic carbocycles. The fourth-order valence-electron chi connectivity index (χ4n) is 3.54. The van der Waals surface area contributed by atoms with Gasteiger partial charge in [0.2, 0.25) is 11.8 Å². The lowest BCUT2D eigenvalue weighted by Crippen LogP contribution is -2.37. The Bertz CT molecular complexity index is 1220. The SMILES string of the molecule is COc1ccc(-c2nc(CSc3nnc(N4CCOCC4)n3-c3cccc(F)c3)co2)cc1. The summed E-state index contributed by atoms with van der Waals surface area (Å²) < 4.78 is 32.2. The summed E-state index contributed by atoms with van der Waals surface area (Å²) in [5.41, 5.74) is 2.31. The number of anilines is 1. The van der Waals surface area contributed by atoms with Crippen molar-refractivity contribution in [1.82, 2.24) is 19.7 Å². The van der Waals surface area contributed by atoms with Crippen molar-refractivity contribution in [2.24, 2.45) is 0 Å². The zero-order valence-electron chi connectivity index (χ0n) is 18.0. The monoisotopic (exact) mass is 467 g/mol. The number of rotatable bonds is 7. The fraction of sp³-hybridized carbons (Fsp3) is 0.261. The molecule has 10 heteroatoms. The molecule has 1 fully saturated rings. The molecule has 0 N–H and O–H groups in total. The molecule has 0 aliphatic carbocycles. The van der Waals surface area contributed by atoms with Gasteiger partial charge in [0, 0.05) is 24.4 Å². The van der Waals surface area contributed by atoms with E-state index in [1.807, 2.05) is 34.9 Å². The number of benzene rings is 2. The van der Waals surface area contributed by atoms with Gasteiger partial charge in [0.15, 0.2) is 5.16 Å². The van der Waals surface area contributed by atoms with Crippen LogP contribution in [0.5, 0.6) is 5.75 Å². The van der Waals surface area contributed by atoms with E-state index < -0.39 is 0 Å². The van der Waals surface area contributed by atoms with Crippen molar-refractivity contribution in [3.63, 3.8) is 0 Å². The van der Waals surface area contributed by atoms with Crippen LogP contribution in [-0.4, -0.2) is 53.2 Å². The van der Waals surface area contributed by atoms with Gasteiger partial charge in [-0.2, -0.15) is 0 Å². The number of nitrogens with zero attached hydrogens (tertiary/aromatic N) is 5. The van der Waals surface area contributed by atoms with E-state index in [9.17, 15) is 4.39 Å². The van der Waals surface area contributed by atoms with Crippen molar-refractivity contribution in [3.05, 3.63) is 66.3 Å². The summed E-state index contributed by atoms with van der Waals surface area (Å²) in [6.07, 6.45) is 1.64. The number of ether oxygens (including phenoxy) is 2. The normalized spacial score (nSPS) is 13.9. The van der Waals surface area contributed by atoms with E-state index in [0.29, 0.717) is 54.7 Å². The minimum atomic E-state index is -0.314. The van der Waals surface area contributed by atoms with Gasteiger partial charge in [0.25, 0.3) is 0 Å². The van der Waals surface area contributed by atoms with Gasteiger partial charge < -0.3 is 18.8 Å². The molecule has 2 aromatic heterocycles. The Morgan fingerprint density at radius 1 is 1.09 bits per heavy atom. The Hall–Kier alpha value is -3.37. The molecule has 0 radical (unpaired) electrons. The second-order valence-electron chi connectivity index (χ2n) is 7.36. The summed E-state index contributed by atoms with van der Waals surface area (Å²) in [5, 5.41) is 9.46. The number of morpholine rings is 1. The zero-order valence-corrected chi connectivity index (χ0v) is 18.8. The number of oxazole rings is 1. The number of methoxy groups -OCH3 is 1. The highest BCUT2D eigenvalue weighted by Crippen LogP contribution is 2.30. The Morgan fingerprint density at radius 2 is 1.91 bits per heavy atom. The van der Waals surface area contributed by atoms with Gasteiger partial charge in [-0.05, 0) is 42.5 Å². The Labute approximate surface area is 194 Å². The van der Waals surface area contributed by atoms with Gasteiger partial charge >= 0.3 is 0 Å². The predicted molar refractivity (Wildman–Crippen MR) is 122 cm³/mol. The lowest BCUT2D eigenvalue weighted by Gasteiger charge is -2.27. The summed E-state index contributed by atoms with van der Waals surface area (Å²) in [7, 11) is 1.63. The maximum atomic E-state index is 14.0. The predicted octanol–water partition coefficient (Wildman–Crippen LogP) is 4.20. The maximum Gasteiger partial charge on any atom is 0.232 e. The third-order valence-electron chi connectivity index (χ3n) is 5.21. The van der Waals surface area contributed by atoms with Crippen LogP contribution in [0.4, 0.5) is 10.3 Å². The molecule has 1 aliphatic heterocycles. The highest BCUT2D eigenvalue weighted by atomic mass is 32.2. The third kappa shape index (κ3) is 4.71. The largest absolute Gasteiger partial charge is 0.497 e. The highest BCUT2D eigenvalue weighted by Gasteiger charge is 2.22. The van der Waals surface area contributed by atoms with Gasteiger partial charge in [-0.15, -0.1) is 10.2 Å². The quantitative estimate of drug-likeness (QED) is 0.374. The number of halogens is 1. The van der Waals surface area contributed by atoms with Crippen molar-refractivity contribution in [3.8, 4) is 22.9 Å². The molecule has 170 valence electrons. The fourth-order valence-corrected chi connectivity index (χ4v) is 4.37. The number of thioether (sulfide) groups is 1. The first-order valence-electron chi connectivity index (χ1n) is 10.5. The summed E-state index contributed by atoms with van der Waals surface area (Å²) >= 11 is 1.47. The average Bonchev–Trinajstić information content (AvgIpc) is 3.51. The van der Waals surface area contributed by atoms with Gasteiger partial charge in [-0.3, -0.25) is 4.57 Å². The van der Waals surface area contributed by atoms with Crippen LogP contribution >= 0.6 is 11.8 Å². The van der Waals surface area contributed by atoms with E-state index in [2.05, 4.69) is 20.1 Å². The molecule has 8 nitrogen and oxygen atoms in total. The summed E-state index contributed by atoms with van der Waals surface area (Å²) in [5.74, 6) is 2.19. The lowest BCUT2D eigenvalue weighted by atomic mass is 10.2. The molecule has 33 heavy (non-hydrogen) atoms. The minimum absolute atomic E-state index is 0.314. The molecule has 0 spiro atoms. The van der Waals surface area contributed by atoms with Crippen molar-refractivity contribution in [1.29, 1.82) is 0 Å². The van der Waals surface area contributed by atoms with Crippen molar-refractivity contribution in [2.45, 2.75) is 10.9 Å². The first kappa shape index (κ1) is 21.5. The molecule has 0 atom stereocenters. The van der Waals surface area contributed by atoms with E-state index in [0.717, 1.165) is 17.0 Å². The molecule has 4 aromatic rings. The molecular formula is C23H22FN5O3S. The Balaban J connectivity index is 1.38. The van der Waals surface area contributed by atoms with Crippen LogP contribution in [0.2, 0.25) is 0 Å². The average molecular weight is 468 g/mol. The summed E-state index contributed by atoms with van der Waals surface area (Å²) in [4.78, 5) is 6.69. The lowest BCUT2D eigenvalue weighted by molar-refractivity contribution is 0.122. The van der Waals surface area contributed by atoms with Gasteiger partial charge in [-0.1, -0.05) is 17.8 Å². The Morgan fingerprint density at radius 3 is 2.67 bits per heavy atom. The molecule has 3 heterocycles. The van der Waals surface area contributed by atoms with E-state index in [1.54, 1.807) is 19.4 Å². The smallest absolute Gasteiger partial charge is 0.232 e. The van der Waals surface area contributed by atoms with Crippen LogP contribution in [0.15, 0.2) is 64.4 Å². The van der Waals surface area contributed by atoms with Gasteiger partial charge in [0.05, 0.1) is 31.7 Å². The van der Waals surface area contributed by atoms with E-state index in [4.69, 9.17) is 13.9 Å². The van der Waals surface area contributed by atoms with Crippen molar-refractivity contribution < 1.29 is 18.3 Å². The van der Waals surface area contributed by atoms with Crippen LogP contribution in [0.3, 0.4) is 0 Å². The first-order chi connectivity index (χ1) is 16.2. The third-order valence-corrected chi connectivity index (χ3v) is 6.18. The van der Waals surface area contributed by atoms with E-state index >= 15 is 0 Å². The van der Waals surface area contributed by atoms with Gasteiger partial charge in [-0.25, -0.2) is 9.37 Å². The molecule has 0 amide bonds. The molecular weight excluding hydrogens is 445 g/mol. The Kier molecular flexibility index (Phi) is 6.27. The van der Waals surface area contributed by atoms with Crippen molar-refractivity contribution in [2.75, 3.05) is 38.3 Å². The van der Waals surface area contributed by atoms with E-state index in [-0.39, 0.29) is 5.82 Å². The van der Waals surface area contributed by atoms with Crippen LogP contribution in [0.25, 0.3) is 17.1 Å². The summed E-state index contributed by atoms with van der Waals surface area (Å²) in [6.45, 7) is 2.64. The zero-order chi connectivity index (χ0) is 22.6.